The summed E-state index contributed by atoms with van der Waals surface area (Å²) >= 11 is 0. The zero-order valence-corrected chi connectivity index (χ0v) is 45.3. The molecule has 6 heteroatoms. The average Bonchev–Trinajstić information content (AvgIpc) is 3.34. The van der Waals surface area contributed by atoms with Crippen molar-refractivity contribution in [3.05, 3.63) is 48.6 Å². The summed E-state index contributed by atoms with van der Waals surface area (Å²) < 4.78 is 5.47. The van der Waals surface area contributed by atoms with Gasteiger partial charge in [0.05, 0.1) is 25.4 Å². The minimum atomic E-state index is -0.843. The van der Waals surface area contributed by atoms with Crippen LogP contribution in [0, 0.1) is 0 Å². The molecule has 0 aromatic carbocycles. The minimum absolute atomic E-state index is 0.000552. The fourth-order valence-electron chi connectivity index (χ4n) is 8.94. The Bertz CT molecular complexity index is 1150. The Morgan fingerprint density at radius 1 is 0.412 bits per heavy atom. The SMILES string of the molecule is CCCC/C=C\C/C=C\CCCCCCCC(=O)OCCCCCCCCCCCCCC/C=C\CCCCCCCCCCCCCC(=O)NC(CO)C(O)/C=C/CCCCCCCCCC. The molecule has 0 saturated carbocycles. The van der Waals surface area contributed by atoms with E-state index in [1.807, 2.05) is 6.08 Å². The second kappa shape index (κ2) is 57.4. The fourth-order valence-corrected chi connectivity index (χ4v) is 8.94. The molecule has 0 aliphatic carbocycles. The second-order valence-electron chi connectivity index (χ2n) is 20.3. The van der Waals surface area contributed by atoms with Gasteiger partial charge in [-0.05, 0) is 83.5 Å². The van der Waals surface area contributed by atoms with Gasteiger partial charge in [0, 0.05) is 12.8 Å². The van der Waals surface area contributed by atoms with Crippen molar-refractivity contribution < 1.29 is 24.5 Å². The highest BCUT2D eigenvalue weighted by Gasteiger charge is 2.18. The molecule has 3 N–H and O–H groups in total. The van der Waals surface area contributed by atoms with Crippen molar-refractivity contribution in [1.82, 2.24) is 5.32 Å². The Balaban J connectivity index is 3.39. The number of carbonyl (C=O) groups is 2. The third kappa shape index (κ3) is 53.2. The normalized spacial score (nSPS) is 12.9. The van der Waals surface area contributed by atoms with E-state index in [0.29, 0.717) is 19.4 Å². The van der Waals surface area contributed by atoms with E-state index in [4.69, 9.17) is 4.74 Å². The lowest BCUT2D eigenvalue weighted by Gasteiger charge is -2.20. The van der Waals surface area contributed by atoms with Crippen LogP contribution in [-0.2, 0) is 14.3 Å². The summed E-state index contributed by atoms with van der Waals surface area (Å²) in [6, 6.07) is -0.627. The lowest BCUT2D eigenvalue weighted by atomic mass is 10.0. The fraction of sp³-hybridized carbons (Fsp3) is 0.839. The van der Waals surface area contributed by atoms with Gasteiger partial charge in [0.2, 0.25) is 5.91 Å². The number of hydrogen-bond acceptors (Lipinski definition) is 5. The van der Waals surface area contributed by atoms with Crippen LogP contribution in [0.4, 0.5) is 0 Å². The van der Waals surface area contributed by atoms with Crippen LogP contribution in [-0.4, -0.2) is 47.4 Å². The summed E-state index contributed by atoms with van der Waals surface area (Å²) in [6.07, 6.45) is 73.0. The summed E-state index contributed by atoms with van der Waals surface area (Å²) in [6.45, 7) is 4.84. The molecule has 2 unspecified atom stereocenters. The number of nitrogens with one attached hydrogen (secondary N) is 1. The monoisotopic (exact) mass is 954 g/mol. The standard InChI is InChI=1S/C62H115NO5/c1-3-5-7-9-11-13-15-16-33-36-40-44-48-52-56-62(67)68-57-53-49-45-41-37-34-31-29-27-25-23-21-19-17-18-20-22-24-26-28-30-32-35-39-43-47-51-55-61(66)63-59(58-64)60(65)54-50-46-42-38-14-12-10-8-6-4-2/h9,11,15-18,50,54,59-60,64-65H,3-8,10,12-14,19-49,51-53,55-58H2,1-2H3,(H,63,66)/b11-9-,16-15-,18-17-,54-50+. The maximum absolute atomic E-state index is 12.4. The zero-order valence-electron chi connectivity index (χ0n) is 45.3. The Morgan fingerprint density at radius 3 is 1.18 bits per heavy atom. The number of amides is 1. The number of carbonyl (C=O) groups excluding carboxylic acids is 2. The molecule has 0 fully saturated rings. The predicted octanol–water partition coefficient (Wildman–Crippen LogP) is 18.6. The lowest BCUT2D eigenvalue weighted by molar-refractivity contribution is -0.143. The number of rotatable bonds is 55. The van der Waals surface area contributed by atoms with Gasteiger partial charge >= 0.3 is 5.97 Å². The minimum Gasteiger partial charge on any atom is -0.466 e. The number of unbranched alkanes of at least 4 members (excludes halogenated alkanes) is 38. The first-order valence-electron chi connectivity index (χ1n) is 29.9. The van der Waals surface area contributed by atoms with Crippen molar-refractivity contribution in [2.45, 2.75) is 321 Å². The van der Waals surface area contributed by atoms with E-state index in [2.05, 4.69) is 55.6 Å². The van der Waals surface area contributed by atoms with Crippen molar-refractivity contribution in [1.29, 1.82) is 0 Å². The molecule has 0 aliphatic rings. The number of aliphatic hydroxyl groups excluding tert-OH is 2. The molecule has 0 aromatic rings. The molecule has 398 valence electrons. The second-order valence-corrected chi connectivity index (χ2v) is 20.3. The van der Waals surface area contributed by atoms with E-state index in [0.717, 1.165) is 51.4 Å². The molecule has 0 bridgehead atoms. The van der Waals surface area contributed by atoms with Gasteiger partial charge in [-0.25, -0.2) is 0 Å². The van der Waals surface area contributed by atoms with Gasteiger partial charge < -0.3 is 20.3 Å². The molecule has 0 heterocycles. The van der Waals surface area contributed by atoms with Crippen LogP contribution in [0.15, 0.2) is 48.6 Å². The third-order valence-corrected chi connectivity index (χ3v) is 13.6. The summed E-state index contributed by atoms with van der Waals surface area (Å²) in [5, 5.41) is 23.0. The van der Waals surface area contributed by atoms with E-state index < -0.39 is 12.1 Å². The molecule has 0 aromatic heterocycles. The average molecular weight is 955 g/mol. The van der Waals surface area contributed by atoms with Crippen LogP contribution in [0.25, 0.3) is 0 Å². The highest BCUT2D eigenvalue weighted by atomic mass is 16.5. The highest BCUT2D eigenvalue weighted by Crippen LogP contribution is 2.16. The Labute approximate surface area is 423 Å². The number of hydrogen-bond donors (Lipinski definition) is 3. The van der Waals surface area contributed by atoms with E-state index in [1.54, 1.807) is 6.08 Å². The molecule has 68 heavy (non-hydrogen) atoms. The molecule has 2 atom stereocenters. The van der Waals surface area contributed by atoms with Crippen LogP contribution in [0.3, 0.4) is 0 Å². The first kappa shape index (κ1) is 65.8. The molecule has 6 nitrogen and oxygen atoms in total. The molecule has 0 radical (unpaired) electrons. The van der Waals surface area contributed by atoms with Crippen molar-refractivity contribution in [3.63, 3.8) is 0 Å². The Hall–Kier alpha value is -2.18. The van der Waals surface area contributed by atoms with E-state index in [-0.39, 0.29) is 18.5 Å². The van der Waals surface area contributed by atoms with Gasteiger partial charge in [0.15, 0.2) is 0 Å². The van der Waals surface area contributed by atoms with Crippen molar-refractivity contribution >= 4 is 11.9 Å². The predicted molar refractivity (Wildman–Crippen MR) is 296 cm³/mol. The molecular formula is C62H115NO5. The lowest BCUT2D eigenvalue weighted by Crippen LogP contribution is -2.45. The molecule has 0 aliphatic heterocycles. The number of ether oxygens (including phenoxy) is 1. The van der Waals surface area contributed by atoms with Gasteiger partial charge in [-0.2, -0.15) is 0 Å². The summed E-state index contributed by atoms with van der Waals surface area (Å²) in [5.41, 5.74) is 0. The van der Waals surface area contributed by atoms with Gasteiger partial charge in [0.25, 0.3) is 0 Å². The van der Waals surface area contributed by atoms with Crippen LogP contribution >= 0.6 is 0 Å². The topological polar surface area (TPSA) is 95.9 Å². The van der Waals surface area contributed by atoms with Crippen LogP contribution in [0.2, 0.25) is 0 Å². The van der Waals surface area contributed by atoms with Crippen LogP contribution < -0.4 is 5.32 Å². The molecule has 1 amide bonds. The first-order chi connectivity index (χ1) is 33.5. The van der Waals surface area contributed by atoms with Crippen molar-refractivity contribution in [3.8, 4) is 0 Å². The maximum Gasteiger partial charge on any atom is 0.305 e. The Morgan fingerprint density at radius 2 is 0.750 bits per heavy atom. The zero-order chi connectivity index (χ0) is 49.3. The van der Waals surface area contributed by atoms with Crippen molar-refractivity contribution in [2.24, 2.45) is 0 Å². The molecule has 0 spiro atoms. The number of esters is 1. The van der Waals surface area contributed by atoms with E-state index in [9.17, 15) is 19.8 Å². The van der Waals surface area contributed by atoms with Gasteiger partial charge in [0.1, 0.15) is 0 Å². The summed E-state index contributed by atoms with van der Waals surface area (Å²) in [5.74, 6) is -0.0716. The maximum atomic E-state index is 12.4. The van der Waals surface area contributed by atoms with E-state index >= 15 is 0 Å². The quantitative estimate of drug-likeness (QED) is 0.0321. The third-order valence-electron chi connectivity index (χ3n) is 13.6. The van der Waals surface area contributed by atoms with Crippen LogP contribution in [0.1, 0.15) is 309 Å². The van der Waals surface area contributed by atoms with Gasteiger partial charge in [-0.15, -0.1) is 0 Å². The number of aliphatic hydroxyl groups is 2. The summed E-state index contributed by atoms with van der Waals surface area (Å²) in [4.78, 5) is 24.4. The van der Waals surface area contributed by atoms with E-state index in [1.165, 1.54) is 231 Å². The van der Waals surface area contributed by atoms with Gasteiger partial charge in [-0.1, -0.05) is 262 Å². The van der Waals surface area contributed by atoms with Crippen molar-refractivity contribution in [2.75, 3.05) is 13.2 Å². The van der Waals surface area contributed by atoms with Gasteiger partial charge in [-0.3, -0.25) is 9.59 Å². The Kier molecular flexibility index (Phi) is 55.6. The molecule has 0 rings (SSSR count). The summed E-state index contributed by atoms with van der Waals surface area (Å²) in [7, 11) is 0. The molecule has 0 saturated heterocycles. The number of allylic oxidation sites excluding steroid dienone is 7. The smallest absolute Gasteiger partial charge is 0.305 e. The van der Waals surface area contributed by atoms with Crippen LogP contribution in [0.5, 0.6) is 0 Å². The highest BCUT2D eigenvalue weighted by molar-refractivity contribution is 5.76. The molecular weight excluding hydrogens is 839 g/mol. The largest absolute Gasteiger partial charge is 0.466 e. The first-order valence-corrected chi connectivity index (χ1v) is 29.9.